The highest BCUT2D eigenvalue weighted by molar-refractivity contribution is 7.12. The molecule has 1 fully saturated rings. The lowest BCUT2D eigenvalue weighted by Gasteiger charge is -2.23. The summed E-state index contributed by atoms with van der Waals surface area (Å²) in [6, 6.07) is 9.66. The highest BCUT2D eigenvalue weighted by Crippen LogP contribution is 2.32. The number of thiophene rings is 1. The molecule has 0 spiro atoms. The minimum Gasteiger partial charge on any atom is -0.481 e. The molecule has 0 saturated carbocycles. The largest absolute Gasteiger partial charge is 0.481 e. The molecule has 6 heteroatoms. The molecule has 1 aliphatic rings. The van der Waals surface area contributed by atoms with Gasteiger partial charge in [-0.2, -0.15) is 0 Å². The van der Waals surface area contributed by atoms with E-state index in [0.29, 0.717) is 17.8 Å². The summed E-state index contributed by atoms with van der Waals surface area (Å²) in [5, 5.41) is 11.0. The van der Waals surface area contributed by atoms with Gasteiger partial charge in [-0.3, -0.25) is 9.59 Å². The number of amides is 1. The predicted molar refractivity (Wildman–Crippen MR) is 97.0 cm³/mol. The number of nitrogens with zero attached hydrogens (tertiary/aromatic N) is 1. The number of methoxy groups -OCH3 is 1. The fourth-order valence-electron chi connectivity index (χ4n) is 3.25. The molecule has 1 aliphatic heterocycles. The molecule has 1 aromatic carbocycles. The molecule has 0 aliphatic carbocycles. The minimum absolute atomic E-state index is 0.0587. The molecule has 2 unspecified atom stereocenters. The Balaban J connectivity index is 1.89. The van der Waals surface area contributed by atoms with Crippen molar-refractivity contribution in [1.29, 1.82) is 0 Å². The topological polar surface area (TPSA) is 66.8 Å². The van der Waals surface area contributed by atoms with Crippen LogP contribution >= 0.6 is 11.3 Å². The van der Waals surface area contributed by atoms with Crippen molar-refractivity contribution in [1.82, 2.24) is 4.90 Å². The van der Waals surface area contributed by atoms with E-state index in [-0.39, 0.29) is 24.5 Å². The normalized spacial score (nSPS) is 20.0. The van der Waals surface area contributed by atoms with Crippen molar-refractivity contribution < 1.29 is 19.4 Å². The molecule has 1 aromatic heterocycles. The van der Waals surface area contributed by atoms with E-state index < -0.39 is 5.97 Å². The summed E-state index contributed by atoms with van der Waals surface area (Å²) < 4.78 is 5.37. The maximum Gasteiger partial charge on any atom is 0.305 e. The Hall–Kier alpha value is -2.18. The lowest BCUT2D eigenvalue weighted by molar-refractivity contribution is -0.137. The first kappa shape index (κ1) is 17.6. The van der Waals surface area contributed by atoms with Crippen molar-refractivity contribution in [3.63, 3.8) is 0 Å². The van der Waals surface area contributed by atoms with Crippen molar-refractivity contribution >= 4 is 23.2 Å². The smallest absolute Gasteiger partial charge is 0.305 e. The van der Waals surface area contributed by atoms with Gasteiger partial charge in [0.15, 0.2) is 0 Å². The van der Waals surface area contributed by atoms with Gasteiger partial charge < -0.3 is 14.7 Å². The number of likely N-dealkylation sites (tertiary alicyclic amines) is 1. The summed E-state index contributed by atoms with van der Waals surface area (Å²) in [4.78, 5) is 26.6. The van der Waals surface area contributed by atoms with Crippen LogP contribution < -0.4 is 0 Å². The van der Waals surface area contributed by atoms with Gasteiger partial charge in [0.05, 0.1) is 17.4 Å². The van der Waals surface area contributed by atoms with E-state index in [9.17, 15) is 9.59 Å². The van der Waals surface area contributed by atoms with Crippen LogP contribution in [0, 0.1) is 6.92 Å². The Morgan fingerprint density at radius 3 is 2.64 bits per heavy atom. The molecule has 1 N–H and O–H groups in total. The molecule has 3 rings (SSSR count). The maximum atomic E-state index is 13.1. The fourth-order valence-corrected chi connectivity index (χ4v) is 4.13. The fraction of sp³-hybridized carbons (Fsp3) is 0.368. The predicted octanol–water partition coefficient (Wildman–Crippen LogP) is 3.43. The number of carbonyl (C=O) groups excluding carboxylic acids is 1. The number of ether oxygens (including phenoxy) is 1. The third-order valence-corrected chi connectivity index (χ3v) is 5.50. The first-order chi connectivity index (χ1) is 12.0. The number of carbonyl (C=O) groups is 2. The third kappa shape index (κ3) is 3.75. The van der Waals surface area contributed by atoms with Crippen LogP contribution in [0.25, 0.3) is 11.1 Å². The average molecular weight is 359 g/mol. The number of hydrogen-bond acceptors (Lipinski definition) is 4. The Morgan fingerprint density at radius 2 is 2.00 bits per heavy atom. The Morgan fingerprint density at radius 1 is 1.28 bits per heavy atom. The molecule has 1 amide bonds. The van der Waals surface area contributed by atoms with Crippen LogP contribution in [0.2, 0.25) is 0 Å². The second-order valence-corrected chi connectivity index (χ2v) is 7.25. The number of hydrogen-bond donors (Lipinski definition) is 1. The van der Waals surface area contributed by atoms with Crippen LogP contribution in [0.15, 0.2) is 35.7 Å². The van der Waals surface area contributed by atoms with E-state index in [2.05, 4.69) is 0 Å². The van der Waals surface area contributed by atoms with E-state index in [1.807, 2.05) is 42.6 Å². The summed E-state index contributed by atoms with van der Waals surface area (Å²) in [7, 11) is 1.60. The number of benzene rings is 1. The van der Waals surface area contributed by atoms with Crippen LogP contribution in [0.4, 0.5) is 0 Å². The van der Waals surface area contributed by atoms with Crippen LogP contribution in [0.5, 0.6) is 0 Å². The quantitative estimate of drug-likeness (QED) is 0.888. The summed E-state index contributed by atoms with van der Waals surface area (Å²) in [5.41, 5.74) is 3.05. The molecule has 132 valence electrons. The minimum atomic E-state index is -0.899. The summed E-state index contributed by atoms with van der Waals surface area (Å²) in [6.45, 7) is 2.45. The van der Waals surface area contributed by atoms with Gasteiger partial charge in [-0.1, -0.05) is 29.8 Å². The second kappa shape index (κ2) is 7.37. The number of carboxylic acid groups (broad SMARTS) is 1. The van der Waals surface area contributed by atoms with Gasteiger partial charge in [-0.15, -0.1) is 11.3 Å². The Kier molecular flexibility index (Phi) is 5.20. The van der Waals surface area contributed by atoms with E-state index in [1.165, 1.54) is 11.3 Å². The molecule has 2 atom stereocenters. The van der Waals surface area contributed by atoms with Crippen molar-refractivity contribution in [3.8, 4) is 11.1 Å². The zero-order valence-electron chi connectivity index (χ0n) is 14.3. The lowest BCUT2D eigenvalue weighted by Crippen LogP contribution is -2.37. The first-order valence-corrected chi connectivity index (χ1v) is 9.07. The second-order valence-electron chi connectivity index (χ2n) is 6.33. The summed E-state index contributed by atoms with van der Waals surface area (Å²) in [5.74, 6) is -1.01. The number of aryl methyl sites for hydroxylation is 1. The first-order valence-electron chi connectivity index (χ1n) is 8.19. The number of aliphatic carboxylic acids is 1. The van der Waals surface area contributed by atoms with Crippen LogP contribution in [-0.2, 0) is 9.53 Å². The third-order valence-electron chi connectivity index (χ3n) is 4.60. The highest BCUT2D eigenvalue weighted by Gasteiger charge is 2.37. The highest BCUT2D eigenvalue weighted by atomic mass is 32.1. The van der Waals surface area contributed by atoms with Gasteiger partial charge in [0, 0.05) is 25.3 Å². The zero-order valence-corrected chi connectivity index (χ0v) is 15.1. The average Bonchev–Trinajstić information content (AvgIpc) is 3.21. The zero-order chi connectivity index (χ0) is 18.0. The summed E-state index contributed by atoms with van der Waals surface area (Å²) >= 11 is 1.39. The SMILES string of the molecule is COC1CC(CC(=O)O)N(C(=O)c2sccc2-c2ccc(C)cc2)C1. The lowest BCUT2D eigenvalue weighted by atomic mass is 10.0. The maximum absolute atomic E-state index is 13.1. The molecular formula is C19H21NO4S. The summed E-state index contributed by atoms with van der Waals surface area (Å²) in [6.07, 6.45) is 0.382. The Bertz CT molecular complexity index is 768. The van der Waals surface area contributed by atoms with Crippen molar-refractivity contribution in [2.45, 2.75) is 31.9 Å². The van der Waals surface area contributed by atoms with Gasteiger partial charge in [-0.05, 0) is 30.4 Å². The van der Waals surface area contributed by atoms with Crippen molar-refractivity contribution in [2.24, 2.45) is 0 Å². The van der Waals surface area contributed by atoms with E-state index in [0.717, 1.165) is 16.7 Å². The Labute approximate surface area is 150 Å². The molecule has 25 heavy (non-hydrogen) atoms. The molecule has 0 radical (unpaired) electrons. The van der Waals surface area contributed by atoms with Crippen LogP contribution in [0.3, 0.4) is 0 Å². The van der Waals surface area contributed by atoms with Gasteiger partial charge in [0.25, 0.3) is 5.91 Å². The molecule has 5 nitrogen and oxygen atoms in total. The monoisotopic (exact) mass is 359 g/mol. The van der Waals surface area contributed by atoms with E-state index >= 15 is 0 Å². The van der Waals surface area contributed by atoms with Crippen LogP contribution in [0.1, 0.15) is 28.1 Å². The molecular weight excluding hydrogens is 338 g/mol. The van der Waals surface area contributed by atoms with Crippen LogP contribution in [-0.4, -0.2) is 47.7 Å². The number of carboxylic acids is 1. The van der Waals surface area contributed by atoms with Gasteiger partial charge in [-0.25, -0.2) is 0 Å². The van der Waals surface area contributed by atoms with Crippen molar-refractivity contribution in [3.05, 3.63) is 46.2 Å². The standard InChI is InChI=1S/C19H21NO4S/c1-12-3-5-13(6-4-12)16-7-8-25-18(16)19(23)20-11-15(24-2)9-14(20)10-17(21)22/h3-8,14-15H,9-11H2,1-2H3,(H,21,22). The van der Waals surface area contributed by atoms with E-state index in [4.69, 9.17) is 9.84 Å². The van der Waals surface area contributed by atoms with Gasteiger partial charge in [0.2, 0.25) is 0 Å². The van der Waals surface area contributed by atoms with E-state index in [1.54, 1.807) is 12.0 Å². The molecule has 2 heterocycles. The molecule has 1 saturated heterocycles. The van der Waals surface area contributed by atoms with Crippen molar-refractivity contribution in [2.75, 3.05) is 13.7 Å². The molecule has 0 bridgehead atoms. The molecule has 2 aromatic rings. The van der Waals surface area contributed by atoms with Gasteiger partial charge in [0.1, 0.15) is 0 Å². The number of rotatable bonds is 5. The van der Waals surface area contributed by atoms with Gasteiger partial charge >= 0.3 is 5.97 Å².